The molecule has 0 aliphatic carbocycles. The number of sulfone groups is 1. The van der Waals surface area contributed by atoms with Gasteiger partial charge in [0.15, 0.2) is 9.84 Å². The summed E-state index contributed by atoms with van der Waals surface area (Å²) in [5.41, 5.74) is 0.955. The number of carbonyl (C=O) groups is 1. The molecule has 1 aromatic rings. The van der Waals surface area contributed by atoms with Crippen LogP contribution in [0, 0.1) is 5.92 Å². The molecule has 0 radical (unpaired) electrons. The molecule has 4 nitrogen and oxygen atoms in total. The Bertz CT molecular complexity index is 568. The van der Waals surface area contributed by atoms with Gasteiger partial charge in [0.1, 0.15) is 0 Å². The predicted molar refractivity (Wildman–Crippen MR) is 76.9 cm³/mol. The third-order valence-electron chi connectivity index (χ3n) is 3.24. The van der Waals surface area contributed by atoms with Crippen LogP contribution in [0.15, 0.2) is 29.2 Å². The maximum absolute atomic E-state index is 11.8. The van der Waals surface area contributed by atoms with Crippen LogP contribution in [0.2, 0.25) is 0 Å². The molecular formula is C13H16BrNO3S. The molecule has 1 aliphatic heterocycles. The smallest absolute Gasteiger partial charge is 0.223 e. The number of halogens is 1. The summed E-state index contributed by atoms with van der Waals surface area (Å²) in [6.45, 7) is 1.31. The van der Waals surface area contributed by atoms with Crippen molar-refractivity contribution in [1.29, 1.82) is 0 Å². The molecule has 1 aromatic carbocycles. The van der Waals surface area contributed by atoms with Crippen LogP contribution in [0.5, 0.6) is 0 Å². The number of carbonyl (C=O) groups excluding carboxylic acids is 1. The van der Waals surface area contributed by atoms with E-state index in [4.69, 9.17) is 0 Å². The largest absolute Gasteiger partial charge is 0.338 e. The maximum Gasteiger partial charge on any atom is 0.223 e. The van der Waals surface area contributed by atoms with E-state index in [-0.39, 0.29) is 5.91 Å². The number of alkyl halides is 1. The Morgan fingerprint density at radius 3 is 2.42 bits per heavy atom. The Morgan fingerprint density at radius 1 is 1.32 bits per heavy atom. The van der Waals surface area contributed by atoms with Gasteiger partial charge in [0.25, 0.3) is 0 Å². The highest BCUT2D eigenvalue weighted by atomic mass is 79.9. The number of likely N-dealkylation sites (tertiary alicyclic amines) is 1. The van der Waals surface area contributed by atoms with Crippen LogP contribution in [0.25, 0.3) is 0 Å². The van der Waals surface area contributed by atoms with Gasteiger partial charge < -0.3 is 4.90 Å². The van der Waals surface area contributed by atoms with Crippen molar-refractivity contribution in [3.8, 4) is 0 Å². The second-order valence-corrected chi connectivity index (χ2v) is 7.58. The molecule has 0 bridgehead atoms. The fraction of sp³-hybridized carbons (Fsp3) is 0.462. The summed E-state index contributed by atoms with van der Waals surface area (Å²) in [6, 6.07) is 6.72. The van der Waals surface area contributed by atoms with E-state index in [9.17, 15) is 13.2 Å². The van der Waals surface area contributed by atoms with Crippen molar-refractivity contribution in [2.45, 2.75) is 17.9 Å². The molecular weight excluding hydrogens is 330 g/mol. The highest BCUT2D eigenvalue weighted by molar-refractivity contribution is 9.09. The van der Waals surface area contributed by atoms with Gasteiger partial charge in [-0.3, -0.25) is 4.79 Å². The van der Waals surface area contributed by atoms with Crippen LogP contribution in [0.3, 0.4) is 0 Å². The molecule has 6 heteroatoms. The molecule has 1 unspecified atom stereocenters. The maximum atomic E-state index is 11.8. The van der Waals surface area contributed by atoms with E-state index in [0.29, 0.717) is 23.8 Å². The highest BCUT2D eigenvalue weighted by Crippen LogP contribution is 2.22. The van der Waals surface area contributed by atoms with Crippen molar-refractivity contribution in [2.75, 3.05) is 18.1 Å². The lowest BCUT2D eigenvalue weighted by atomic mass is 10.2. The number of amides is 1. The molecule has 0 spiro atoms. The van der Waals surface area contributed by atoms with Gasteiger partial charge in [-0.1, -0.05) is 28.1 Å². The summed E-state index contributed by atoms with van der Waals surface area (Å²) in [7, 11) is -3.16. The summed E-state index contributed by atoms with van der Waals surface area (Å²) < 4.78 is 22.7. The number of nitrogens with zero attached hydrogens (tertiary/aromatic N) is 1. The van der Waals surface area contributed by atoms with Gasteiger partial charge in [0.05, 0.1) is 4.90 Å². The summed E-state index contributed by atoms with van der Waals surface area (Å²) in [6.07, 6.45) is 1.78. The predicted octanol–water partition coefficient (Wildman–Crippen LogP) is 1.83. The summed E-state index contributed by atoms with van der Waals surface area (Å²) >= 11 is 3.40. The van der Waals surface area contributed by atoms with Crippen molar-refractivity contribution in [3.63, 3.8) is 0 Å². The first-order valence-electron chi connectivity index (χ1n) is 6.03. The third kappa shape index (κ3) is 3.57. The minimum absolute atomic E-state index is 0.164. The summed E-state index contributed by atoms with van der Waals surface area (Å²) in [4.78, 5) is 13.9. The van der Waals surface area contributed by atoms with Crippen molar-refractivity contribution < 1.29 is 13.2 Å². The van der Waals surface area contributed by atoms with Crippen LogP contribution in [-0.2, 0) is 21.2 Å². The fourth-order valence-electron chi connectivity index (χ4n) is 2.17. The van der Waals surface area contributed by atoms with E-state index < -0.39 is 9.84 Å². The molecule has 1 heterocycles. The summed E-state index contributed by atoms with van der Waals surface area (Å²) in [5.74, 6) is 0.541. The Balaban J connectivity index is 2.06. The topological polar surface area (TPSA) is 54.5 Å². The number of hydrogen-bond acceptors (Lipinski definition) is 3. The highest BCUT2D eigenvalue weighted by Gasteiger charge is 2.28. The molecule has 2 rings (SSSR count). The zero-order valence-corrected chi connectivity index (χ0v) is 13.1. The lowest BCUT2D eigenvalue weighted by Crippen LogP contribution is -2.24. The standard InChI is InChI=1S/C13H16BrNO3S/c1-19(17,18)12-4-2-10(3-5-12)8-15-9-11(7-14)6-13(15)16/h2-5,11H,6-9H2,1H3. The van der Waals surface area contributed by atoms with Crippen molar-refractivity contribution in [1.82, 2.24) is 4.90 Å². The van der Waals surface area contributed by atoms with Crippen LogP contribution in [0.4, 0.5) is 0 Å². The average molecular weight is 346 g/mol. The van der Waals surface area contributed by atoms with Crippen LogP contribution in [0.1, 0.15) is 12.0 Å². The van der Waals surface area contributed by atoms with Gasteiger partial charge >= 0.3 is 0 Å². The van der Waals surface area contributed by atoms with Crippen LogP contribution >= 0.6 is 15.9 Å². The molecule has 1 amide bonds. The number of rotatable bonds is 4. The van der Waals surface area contributed by atoms with E-state index in [2.05, 4.69) is 15.9 Å². The van der Waals surface area contributed by atoms with E-state index in [0.717, 1.165) is 17.4 Å². The van der Waals surface area contributed by atoms with Gasteiger partial charge in [0, 0.05) is 31.1 Å². The summed E-state index contributed by atoms with van der Waals surface area (Å²) in [5, 5.41) is 0.836. The Hall–Kier alpha value is -0.880. The first-order chi connectivity index (χ1) is 8.90. The van der Waals surface area contributed by atoms with E-state index in [1.165, 1.54) is 6.26 Å². The molecule has 104 valence electrons. The molecule has 0 aromatic heterocycles. The monoisotopic (exact) mass is 345 g/mol. The van der Waals surface area contributed by atoms with Gasteiger partial charge in [-0.2, -0.15) is 0 Å². The lowest BCUT2D eigenvalue weighted by molar-refractivity contribution is -0.128. The SMILES string of the molecule is CS(=O)(=O)c1ccc(CN2CC(CBr)CC2=O)cc1. The first kappa shape index (κ1) is 14.5. The van der Waals surface area contributed by atoms with Crippen LogP contribution < -0.4 is 0 Å². The zero-order chi connectivity index (χ0) is 14.0. The normalized spacial score (nSPS) is 20.0. The lowest BCUT2D eigenvalue weighted by Gasteiger charge is -2.16. The molecule has 0 saturated carbocycles. The van der Waals surface area contributed by atoms with Gasteiger partial charge in [-0.15, -0.1) is 0 Å². The first-order valence-corrected chi connectivity index (χ1v) is 9.04. The van der Waals surface area contributed by atoms with Gasteiger partial charge in [-0.25, -0.2) is 8.42 Å². The van der Waals surface area contributed by atoms with E-state index >= 15 is 0 Å². The number of hydrogen-bond donors (Lipinski definition) is 0. The van der Waals surface area contributed by atoms with E-state index in [1.807, 2.05) is 4.90 Å². The van der Waals surface area contributed by atoms with Crippen LogP contribution in [-0.4, -0.2) is 37.4 Å². The quantitative estimate of drug-likeness (QED) is 0.782. The molecule has 1 saturated heterocycles. The van der Waals surface area contributed by atoms with Crippen molar-refractivity contribution in [3.05, 3.63) is 29.8 Å². The molecule has 19 heavy (non-hydrogen) atoms. The molecule has 1 fully saturated rings. The molecule has 1 aliphatic rings. The molecule has 0 N–H and O–H groups in total. The van der Waals surface area contributed by atoms with Crippen molar-refractivity contribution in [2.24, 2.45) is 5.92 Å². The fourth-order valence-corrected chi connectivity index (χ4v) is 3.24. The third-order valence-corrected chi connectivity index (χ3v) is 5.28. The minimum Gasteiger partial charge on any atom is -0.338 e. The minimum atomic E-state index is -3.16. The zero-order valence-electron chi connectivity index (χ0n) is 10.7. The second kappa shape index (κ2) is 5.63. The van der Waals surface area contributed by atoms with Gasteiger partial charge in [0.2, 0.25) is 5.91 Å². The molecule has 1 atom stereocenters. The Labute approximate surface area is 121 Å². The Kier molecular flexibility index (Phi) is 4.30. The second-order valence-electron chi connectivity index (χ2n) is 4.91. The average Bonchev–Trinajstić information content (AvgIpc) is 2.70. The Morgan fingerprint density at radius 2 is 1.95 bits per heavy atom. The number of benzene rings is 1. The van der Waals surface area contributed by atoms with Gasteiger partial charge in [-0.05, 0) is 23.6 Å². The van der Waals surface area contributed by atoms with E-state index in [1.54, 1.807) is 24.3 Å². The van der Waals surface area contributed by atoms with Crippen molar-refractivity contribution >= 4 is 31.7 Å².